The van der Waals surface area contributed by atoms with Crippen molar-refractivity contribution in [1.82, 2.24) is 4.90 Å². The highest BCUT2D eigenvalue weighted by Crippen LogP contribution is 1.99. The lowest BCUT2D eigenvalue weighted by molar-refractivity contribution is 0.486. The number of hydrogen-bond donors (Lipinski definition) is 0. The topological polar surface area (TPSA) is 3.24 Å². The maximum Gasteiger partial charge on any atom is 0.0297 e. The van der Waals surface area contributed by atoms with E-state index in [0.717, 1.165) is 13.0 Å². The van der Waals surface area contributed by atoms with Gasteiger partial charge in [0.2, 0.25) is 0 Å². The van der Waals surface area contributed by atoms with Crippen molar-refractivity contribution in [2.75, 3.05) is 13.6 Å². The highest BCUT2D eigenvalue weighted by atomic mass is 15.1. The third kappa shape index (κ3) is 3.66. The van der Waals surface area contributed by atoms with Crippen molar-refractivity contribution in [2.45, 2.75) is 13.3 Å². The first-order valence-electron chi connectivity index (χ1n) is 4.50. The zero-order valence-corrected chi connectivity index (χ0v) is 8.25. The Labute approximate surface area is 80.4 Å². The van der Waals surface area contributed by atoms with Crippen molar-refractivity contribution in [2.24, 2.45) is 0 Å². The molecule has 0 bridgehead atoms. The van der Waals surface area contributed by atoms with Crippen LogP contribution in [0.4, 0.5) is 0 Å². The minimum atomic E-state index is 0.991. The summed E-state index contributed by atoms with van der Waals surface area (Å²) in [5.74, 6) is 2.88. The van der Waals surface area contributed by atoms with Crippen LogP contribution in [0.3, 0.4) is 0 Å². The van der Waals surface area contributed by atoms with Gasteiger partial charge in [0.25, 0.3) is 0 Å². The van der Waals surface area contributed by atoms with E-state index < -0.39 is 0 Å². The van der Waals surface area contributed by atoms with Crippen LogP contribution in [0.1, 0.15) is 12.5 Å². The Bertz CT molecular complexity index is 292. The van der Waals surface area contributed by atoms with Gasteiger partial charge < -0.3 is 4.90 Å². The molecule has 1 heteroatoms. The molecule has 0 N–H and O–H groups in total. The van der Waals surface area contributed by atoms with Gasteiger partial charge in [-0.15, -0.1) is 0 Å². The van der Waals surface area contributed by atoms with Crippen molar-refractivity contribution < 1.29 is 0 Å². The standard InChI is InChI=1S/C12H15N/c1-3-10-13(2)11-9-12-7-5-4-6-8-12/h4-8H,9,11H2,1-2H3. The second-order valence-electron chi connectivity index (χ2n) is 3.02. The molecule has 0 aliphatic heterocycles. The van der Waals surface area contributed by atoms with E-state index in [-0.39, 0.29) is 0 Å². The Morgan fingerprint density at radius 3 is 2.54 bits per heavy atom. The SMILES string of the molecule is CC#CN(C)CCc1ccccc1. The largest absolute Gasteiger partial charge is 0.335 e. The number of likely N-dealkylation sites (N-methyl/N-ethyl adjacent to an activating group) is 1. The molecule has 1 rings (SSSR count). The molecule has 0 aromatic heterocycles. The van der Waals surface area contributed by atoms with Gasteiger partial charge in [0.05, 0.1) is 0 Å². The zero-order chi connectivity index (χ0) is 9.52. The maximum absolute atomic E-state index is 3.00. The zero-order valence-electron chi connectivity index (χ0n) is 8.25. The molecule has 0 fully saturated rings. The van der Waals surface area contributed by atoms with Crippen molar-refractivity contribution in [3.05, 3.63) is 35.9 Å². The first-order valence-corrected chi connectivity index (χ1v) is 4.50. The molecule has 0 aliphatic carbocycles. The van der Waals surface area contributed by atoms with E-state index in [9.17, 15) is 0 Å². The summed E-state index contributed by atoms with van der Waals surface area (Å²) < 4.78 is 0. The van der Waals surface area contributed by atoms with E-state index in [4.69, 9.17) is 0 Å². The lowest BCUT2D eigenvalue weighted by Gasteiger charge is -2.09. The minimum absolute atomic E-state index is 0.991. The van der Waals surface area contributed by atoms with Crippen LogP contribution in [0.15, 0.2) is 30.3 Å². The maximum atomic E-state index is 3.00. The fourth-order valence-electron chi connectivity index (χ4n) is 1.19. The minimum Gasteiger partial charge on any atom is -0.335 e. The summed E-state index contributed by atoms with van der Waals surface area (Å²) >= 11 is 0. The van der Waals surface area contributed by atoms with Crippen molar-refractivity contribution in [1.29, 1.82) is 0 Å². The van der Waals surface area contributed by atoms with Gasteiger partial charge in [0.15, 0.2) is 0 Å². The molecule has 13 heavy (non-hydrogen) atoms. The van der Waals surface area contributed by atoms with E-state index in [1.165, 1.54) is 5.56 Å². The third-order valence-corrected chi connectivity index (χ3v) is 1.88. The summed E-state index contributed by atoms with van der Waals surface area (Å²) in [4.78, 5) is 2.02. The summed E-state index contributed by atoms with van der Waals surface area (Å²) in [5.41, 5.74) is 1.37. The molecule has 1 nitrogen and oxygen atoms in total. The summed E-state index contributed by atoms with van der Waals surface area (Å²) in [7, 11) is 2.01. The average molecular weight is 173 g/mol. The van der Waals surface area contributed by atoms with E-state index in [1.807, 2.05) is 24.9 Å². The van der Waals surface area contributed by atoms with E-state index in [2.05, 4.69) is 36.2 Å². The lowest BCUT2D eigenvalue weighted by Crippen LogP contribution is -2.14. The van der Waals surface area contributed by atoms with Crippen LogP contribution in [0.5, 0.6) is 0 Å². The Kier molecular flexibility index (Phi) is 3.92. The highest BCUT2D eigenvalue weighted by molar-refractivity contribution is 5.15. The van der Waals surface area contributed by atoms with Crippen LogP contribution in [-0.4, -0.2) is 18.5 Å². The molecule has 0 spiro atoms. The van der Waals surface area contributed by atoms with Crippen LogP contribution < -0.4 is 0 Å². The summed E-state index contributed by atoms with van der Waals surface area (Å²) in [6.07, 6.45) is 1.06. The number of benzene rings is 1. The Balaban J connectivity index is 2.38. The molecular formula is C12H15N. The van der Waals surface area contributed by atoms with Gasteiger partial charge in [-0.05, 0) is 18.9 Å². The van der Waals surface area contributed by atoms with Gasteiger partial charge in [0, 0.05) is 19.6 Å². The molecule has 0 radical (unpaired) electrons. The smallest absolute Gasteiger partial charge is 0.0297 e. The first kappa shape index (κ1) is 9.67. The second kappa shape index (κ2) is 5.27. The molecule has 1 aromatic carbocycles. The van der Waals surface area contributed by atoms with Crippen molar-refractivity contribution in [3.8, 4) is 12.0 Å². The Hall–Kier alpha value is -1.42. The predicted molar refractivity (Wildman–Crippen MR) is 56.2 cm³/mol. The number of nitrogens with zero attached hydrogens (tertiary/aromatic N) is 1. The molecule has 0 aliphatic rings. The summed E-state index contributed by atoms with van der Waals surface area (Å²) in [6, 6.07) is 13.5. The fraction of sp³-hybridized carbons (Fsp3) is 0.333. The van der Waals surface area contributed by atoms with E-state index >= 15 is 0 Å². The van der Waals surface area contributed by atoms with Crippen molar-refractivity contribution >= 4 is 0 Å². The normalized spacial score (nSPS) is 8.77. The van der Waals surface area contributed by atoms with Crippen LogP contribution in [-0.2, 0) is 6.42 Å². The monoisotopic (exact) mass is 173 g/mol. The average Bonchev–Trinajstić information content (AvgIpc) is 2.17. The van der Waals surface area contributed by atoms with Gasteiger partial charge in [-0.25, -0.2) is 0 Å². The van der Waals surface area contributed by atoms with Crippen LogP contribution in [0.25, 0.3) is 0 Å². The summed E-state index contributed by atoms with van der Waals surface area (Å²) in [6.45, 7) is 2.85. The van der Waals surface area contributed by atoms with Crippen LogP contribution >= 0.6 is 0 Å². The Morgan fingerprint density at radius 2 is 1.92 bits per heavy atom. The first-order chi connectivity index (χ1) is 6.33. The Morgan fingerprint density at radius 1 is 1.23 bits per heavy atom. The van der Waals surface area contributed by atoms with Gasteiger partial charge in [-0.1, -0.05) is 36.3 Å². The molecule has 0 atom stereocenters. The quantitative estimate of drug-likeness (QED) is 0.500. The van der Waals surface area contributed by atoms with Gasteiger partial charge in [-0.3, -0.25) is 0 Å². The van der Waals surface area contributed by atoms with E-state index in [0.29, 0.717) is 0 Å². The van der Waals surface area contributed by atoms with Crippen LogP contribution in [0, 0.1) is 12.0 Å². The van der Waals surface area contributed by atoms with Crippen LogP contribution in [0.2, 0.25) is 0 Å². The second-order valence-corrected chi connectivity index (χ2v) is 3.02. The van der Waals surface area contributed by atoms with Gasteiger partial charge in [-0.2, -0.15) is 0 Å². The highest BCUT2D eigenvalue weighted by Gasteiger charge is 1.93. The van der Waals surface area contributed by atoms with Gasteiger partial charge >= 0.3 is 0 Å². The van der Waals surface area contributed by atoms with Crippen molar-refractivity contribution in [3.63, 3.8) is 0 Å². The summed E-state index contributed by atoms with van der Waals surface area (Å²) in [5, 5.41) is 0. The molecule has 0 amide bonds. The van der Waals surface area contributed by atoms with E-state index in [1.54, 1.807) is 0 Å². The number of hydrogen-bond acceptors (Lipinski definition) is 1. The predicted octanol–water partition coefficient (Wildman–Crippen LogP) is 2.14. The third-order valence-electron chi connectivity index (χ3n) is 1.88. The molecular weight excluding hydrogens is 158 g/mol. The molecule has 0 heterocycles. The molecule has 1 aromatic rings. The number of rotatable bonds is 3. The molecule has 0 unspecified atom stereocenters. The molecule has 0 saturated carbocycles. The fourth-order valence-corrected chi connectivity index (χ4v) is 1.19. The lowest BCUT2D eigenvalue weighted by atomic mass is 10.1. The molecule has 0 saturated heterocycles. The molecule has 68 valence electrons. The van der Waals surface area contributed by atoms with Gasteiger partial charge in [0.1, 0.15) is 0 Å².